The molecule has 5 nitrogen and oxygen atoms in total. The van der Waals surface area contributed by atoms with E-state index in [-0.39, 0.29) is 5.41 Å². The molecule has 0 N–H and O–H groups in total. The third-order valence-corrected chi connectivity index (χ3v) is 7.60. The number of benzene rings is 1. The molecule has 1 amide bonds. The van der Waals surface area contributed by atoms with Gasteiger partial charge in [-0.25, -0.2) is 4.98 Å². The first kappa shape index (κ1) is 21.4. The second kappa shape index (κ2) is 8.86. The van der Waals surface area contributed by atoms with Gasteiger partial charge in [0.2, 0.25) is 5.91 Å². The minimum Gasteiger partial charge on any atom is -0.354 e. The standard InChI is InChI=1S/C27H36N4O/c1-21-16-22(2)18-24(17-21)27(8-9-27)26(32)31-11-5-6-23(20-31)19-29-12-14-30(15-13-29)25-7-3-4-10-28-25/h3-4,7,10,16-18,23H,5-6,8-9,11-15,19-20H2,1-2H3. The molecule has 32 heavy (non-hydrogen) atoms. The summed E-state index contributed by atoms with van der Waals surface area (Å²) in [6, 6.07) is 12.8. The molecule has 0 bridgehead atoms. The van der Waals surface area contributed by atoms with Crippen LogP contribution < -0.4 is 4.90 Å². The van der Waals surface area contributed by atoms with Gasteiger partial charge in [-0.15, -0.1) is 0 Å². The number of hydrogen-bond donors (Lipinski definition) is 0. The maximum absolute atomic E-state index is 13.6. The normalized spacial score (nSPS) is 23.2. The number of likely N-dealkylation sites (tertiary alicyclic amines) is 1. The maximum atomic E-state index is 13.6. The fraction of sp³-hybridized carbons (Fsp3) is 0.556. The molecule has 1 atom stereocenters. The Hall–Kier alpha value is -2.40. The Labute approximate surface area is 192 Å². The molecule has 1 aromatic heterocycles. The summed E-state index contributed by atoms with van der Waals surface area (Å²) in [7, 11) is 0. The molecule has 170 valence electrons. The highest BCUT2D eigenvalue weighted by Gasteiger charge is 2.53. The Kier molecular flexibility index (Phi) is 5.93. The molecule has 1 aliphatic carbocycles. The number of aromatic nitrogens is 1. The van der Waals surface area contributed by atoms with E-state index < -0.39 is 0 Å². The number of nitrogens with zero attached hydrogens (tertiary/aromatic N) is 4. The average molecular weight is 433 g/mol. The number of piperidine rings is 1. The average Bonchev–Trinajstić information content (AvgIpc) is 3.61. The molecule has 0 radical (unpaired) electrons. The van der Waals surface area contributed by atoms with Gasteiger partial charge >= 0.3 is 0 Å². The summed E-state index contributed by atoms with van der Waals surface area (Å²) in [6.07, 6.45) is 6.25. The summed E-state index contributed by atoms with van der Waals surface area (Å²) in [6.45, 7) is 11.5. The van der Waals surface area contributed by atoms with Crippen LogP contribution in [0.5, 0.6) is 0 Å². The molecule has 2 saturated heterocycles. The number of carbonyl (C=O) groups is 1. The van der Waals surface area contributed by atoms with Crippen molar-refractivity contribution in [3.05, 3.63) is 59.3 Å². The first-order chi connectivity index (χ1) is 15.5. The first-order valence-corrected chi connectivity index (χ1v) is 12.3. The number of pyridine rings is 1. The van der Waals surface area contributed by atoms with Gasteiger partial charge in [0, 0.05) is 52.0 Å². The van der Waals surface area contributed by atoms with E-state index in [1.807, 2.05) is 12.3 Å². The number of hydrogen-bond acceptors (Lipinski definition) is 4. The summed E-state index contributed by atoms with van der Waals surface area (Å²) < 4.78 is 0. The van der Waals surface area contributed by atoms with Crippen LogP contribution >= 0.6 is 0 Å². The second-order valence-corrected chi connectivity index (χ2v) is 10.2. The molecule has 1 aromatic carbocycles. The predicted molar refractivity (Wildman–Crippen MR) is 129 cm³/mol. The lowest BCUT2D eigenvalue weighted by atomic mass is 9.89. The van der Waals surface area contributed by atoms with E-state index >= 15 is 0 Å². The molecule has 5 heteroatoms. The number of carbonyl (C=O) groups excluding carboxylic acids is 1. The molecule has 0 spiro atoms. The van der Waals surface area contributed by atoms with E-state index in [9.17, 15) is 4.79 Å². The van der Waals surface area contributed by atoms with E-state index in [1.165, 1.54) is 23.1 Å². The highest BCUT2D eigenvalue weighted by atomic mass is 16.2. The number of amides is 1. The number of rotatable bonds is 5. The Morgan fingerprint density at radius 2 is 1.78 bits per heavy atom. The second-order valence-electron chi connectivity index (χ2n) is 10.2. The fourth-order valence-corrected chi connectivity index (χ4v) is 5.77. The quantitative estimate of drug-likeness (QED) is 0.721. The lowest BCUT2D eigenvalue weighted by Crippen LogP contribution is -2.51. The van der Waals surface area contributed by atoms with Crippen LogP contribution in [0.1, 0.15) is 42.4 Å². The van der Waals surface area contributed by atoms with Gasteiger partial charge in [0.25, 0.3) is 0 Å². The van der Waals surface area contributed by atoms with Gasteiger partial charge in [-0.1, -0.05) is 35.4 Å². The van der Waals surface area contributed by atoms with Crippen molar-refractivity contribution < 1.29 is 4.79 Å². The number of aryl methyl sites for hydroxylation is 2. The SMILES string of the molecule is Cc1cc(C)cc(C2(C(=O)N3CCCC(CN4CCN(c5ccccn5)CC4)C3)CC2)c1. The number of piperazine rings is 1. The molecule has 3 aliphatic rings. The van der Waals surface area contributed by atoms with E-state index in [0.29, 0.717) is 11.8 Å². The van der Waals surface area contributed by atoms with E-state index in [4.69, 9.17) is 0 Å². The summed E-state index contributed by atoms with van der Waals surface area (Å²) in [5.41, 5.74) is 3.53. The van der Waals surface area contributed by atoms with Crippen LogP contribution in [-0.2, 0) is 10.2 Å². The molecule has 5 rings (SSSR count). The first-order valence-electron chi connectivity index (χ1n) is 12.3. The highest BCUT2D eigenvalue weighted by Crippen LogP contribution is 2.50. The van der Waals surface area contributed by atoms with Crippen molar-refractivity contribution in [1.82, 2.24) is 14.8 Å². The third kappa shape index (κ3) is 4.40. The van der Waals surface area contributed by atoms with Crippen molar-refractivity contribution in [1.29, 1.82) is 0 Å². The monoisotopic (exact) mass is 432 g/mol. The summed E-state index contributed by atoms with van der Waals surface area (Å²) in [5, 5.41) is 0. The van der Waals surface area contributed by atoms with Crippen molar-refractivity contribution in [2.75, 3.05) is 50.7 Å². The fourth-order valence-electron chi connectivity index (χ4n) is 5.77. The van der Waals surface area contributed by atoms with Gasteiger partial charge in [-0.2, -0.15) is 0 Å². The Bertz CT molecular complexity index is 927. The molecule has 1 unspecified atom stereocenters. The van der Waals surface area contributed by atoms with E-state index in [2.05, 4.69) is 63.9 Å². The zero-order valence-electron chi connectivity index (χ0n) is 19.6. The number of anilines is 1. The lowest BCUT2D eigenvalue weighted by molar-refractivity contribution is -0.136. The van der Waals surface area contributed by atoms with Crippen molar-refractivity contribution in [2.45, 2.75) is 44.9 Å². The van der Waals surface area contributed by atoms with Gasteiger partial charge < -0.3 is 9.80 Å². The van der Waals surface area contributed by atoms with Gasteiger partial charge in [0.1, 0.15) is 5.82 Å². The van der Waals surface area contributed by atoms with Gasteiger partial charge in [0.05, 0.1) is 5.41 Å². The minimum absolute atomic E-state index is 0.243. The smallest absolute Gasteiger partial charge is 0.233 e. The summed E-state index contributed by atoms with van der Waals surface area (Å²) in [4.78, 5) is 25.3. The third-order valence-electron chi connectivity index (χ3n) is 7.60. The Morgan fingerprint density at radius 1 is 1.03 bits per heavy atom. The molecular weight excluding hydrogens is 396 g/mol. The zero-order valence-corrected chi connectivity index (χ0v) is 19.6. The molecular formula is C27H36N4O. The Morgan fingerprint density at radius 3 is 2.44 bits per heavy atom. The van der Waals surface area contributed by atoms with Gasteiger partial charge in [-0.05, 0) is 63.1 Å². The topological polar surface area (TPSA) is 39.7 Å². The van der Waals surface area contributed by atoms with Crippen LogP contribution in [0.15, 0.2) is 42.6 Å². The van der Waals surface area contributed by atoms with Gasteiger partial charge in [0.15, 0.2) is 0 Å². The van der Waals surface area contributed by atoms with Crippen LogP contribution in [0.4, 0.5) is 5.82 Å². The van der Waals surface area contributed by atoms with Crippen LogP contribution in [0, 0.1) is 19.8 Å². The van der Waals surface area contributed by atoms with Crippen molar-refractivity contribution >= 4 is 11.7 Å². The summed E-state index contributed by atoms with van der Waals surface area (Å²) in [5.74, 6) is 2.05. The minimum atomic E-state index is -0.243. The zero-order chi connectivity index (χ0) is 22.1. The lowest BCUT2D eigenvalue weighted by Gasteiger charge is -2.40. The van der Waals surface area contributed by atoms with Gasteiger partial charge in [-0.3, -0.25) is 9.69 Å². The van der Waals surface area contributed by atoms with Crippen molar-refractivity contribution in [3.63, 3.8) is 0 Å². The van der Waals surface area contributed by atoms with Crippen LogP contribution in [0.3, 0.4) is 0 Å². The molecule has 1 saturated carbocycles. The molecule has 3 fully saturated rings. The Balaban J connectivity index is 1.18. The van der Waals surface area contributed by atoms with E-state index in [0.717, 1.165) is 70.9 Å². The summed E-state index contributed by atoms with van der Waals surface area (Å²) >= 11 is 0. The van der Waals surface area contributed by atoms with Crippen LogP contribution in [0.2, 0.25) is 0 Å². The van der Waals surface area contributed by atoms with Crippen molar-refractivity contribution in [3.8, 4) is 0 Å². The van der Waals surface area contributed by atoms with Crippen LogP contribution in [-0.4, -0.2) is 66.5 Å². The van der Waals surface area contributed by atoms with E-state index in [1.54, 1.807) is 0 Å². The van der Waals surface area contributed by atoms with Crippen molar-refractivity contribution in [2.24, 2.45) is 5.92 Å². The predicted octanol–water partition coefficient (Wildman–Crippen LogP) is 3.79. The highest BCUT2D eigenvalue weighted by molar-refractivity contribution is 5.91. The molecule has 3 heterocycles. The molecule has 2 aromatic rings. The largest absolute Gasteiger partial charge is 0.354 e. The molecule has 2 aliphatic heterocycles. The van der Waals surface area contributed by atoms with Crippen LogP contribution in [0.25, 0.3) is 0 Å². The maximum Gasteiger partial charge on any atom is 0.233 e.